The zero-order valence-electron chi connectivity index (χ0n) is 9.90. The first-order chi connectivity index (χ1) is 8.08. The summed E-state index contributed by atoms with van der Waals surface area (Å²) in [4.78, 5) is 11.0. The summed E-state index contributed by atoms with van der Waals surface area (Å²) < 4.78 is 5.78. The Morgan fingerprint density at radius 3 is 2.65 bits per heavy atom. The Morgan fingerprint density at radius 1 is 1.41 bits per heavy atom. The minimum atomic E-state index is -1.01. The van der Waals surface area contributed by atoms with Gasteiger partial charge in [0.05, 0.1) is 11.7 Å². The smallest absolute Gasteiger partial charge is 0.337 e. The Kier molecular flexibility index (Phi) is 3.22. The summed E-state index contributed by atoms with van der Waals surface area (Å²) in [6.07, 6.45) is 4.69. The largest absolute Gasteiger partial charge is 0.490 e. The number of nitrogen functional groups attached to an aromatic ring is 1. The Labute approximate surface area is 100 Å². The third-order valence-corrected chi connectivity index (χ3v) is 3.20. The van der Waals surface area contributed by atoms with Crippen molar-refractivity contribution in [1.82, 2.24) is 0 Å². The molecule has 17 heavy (non-hydrogen) atoms. The van der Waals surface area contributed by atoms with Crippen LogP contribution in [0.25, 0.3) is 0 Å². The Bertz CT molecular complexity index is 437. The maximum Gasteiger partial charge on any atom is 0.337 e. The molecule has 0 heterocycles. The molecule has 2 rings (SSSR count). The van der Waals surface area contributed by atoms with Crippen molar-refractivity contribution >= 4 is 11.7 Å². The van der Waals surface area contributed by atoms with Gasteiger partial charge in [0, 0.05) is 5.69 Å². The van der Waals surface area contributed by atoms with E-state index in [9.17, 15) is 4.79 Å². The molecule has 1 aromatic carbocycles. The number of rotatable bonds is 3. The number of carboxylic acids is 1. The average molecular weight is 235 g/mol. The first kappa shape index (κ1) is 11.8. The van der Waals surface area contributed by atoms with E-state index in [0.29, 0.717) is 11.4 Å². The van der Waals surface area contributed by atoms with E-state index < -0.39 is 5.97 Å². The molecule has 0 radical (unpaired) electrons. The SMILES string of the molecule is Cc1cc(OC2CCCC2)cc(C(=O)O)c1N. The molecule has 3 N–H and O–H groups in total. The second-order valence-electron chi connectivity index (χ2n) is 4.53. The third-order valence-electron chi connectivity index (χ3n) is 3.20. The van der Waals surface area contributed by atoms with Crippen LogP contribution in [0, 0.1) is 6.92 Å². The van der Waals surface area contributed by atoms with Crippen LogP contribution in [0.3, 0.4) is 0 Å². The van der Waals surface area contributed by atoms with Crippen LogP contribution in [0.1, 0.15) is 41.6 Å². The third kappa shape index (κ3) is 2.52. The van der Waals surface area contributed by atoms with Gasteiger partial charge in [-0.15, -0.1) is 0 Å². The first-order valence-electron chi connectivity index (χ1n) is 5.88. The molecule has 1 fully saturated rings. The van der Waals surface area contributed by atoms with Gasteiger partial charge in [0.25, 0.3) is 0 Å². The van der Waals surface area contributed by atoms with Crippen LogP contribution in [0.15, 0.2) is 12.1 Å². The molecule has 4 heteroatoms. The molecule has 0 unspecified atom stereocenters. The van der Waals surface area contributed by atoms with E-state index in [1.165, 1.54) is 18.9 Å². The van der Waals surface area contributed by atoms with Crippen LogP contribution in [-0.4, -0.2) is 17.2 Å². The second-order valence-corrected chi connectivity index (χ2v) is 4.53. The summed E-state index contributed by atoms with van der Waals surface area (Å²) in [6.45, 7) is 1.79. The summed E-state index contributed by atoms with van der Waals surface area (Å²) in [5, 5.41) is 9.04. The second kappa shape index (κ2) is 4.65. The highest BCUT2D eigenvalue weighted by atomic mass is 16.5. The molecule has 0 amide bonds. The summed E-state index contributed by atoms with van der Waals surface area (Å²) in [7, 11) is 0. The number of carboxylic acid groups (broad SMARTS) is 1. The zero-order valence-corrected chi connectivity index (χ0v) is 9.90. The molecular weight excluding hydrogens is 218 g/mol. The molecule has 92 valence electrons. The quantitative estimate of drug-likeness (QED) is 0.790. The fraction of sp³-hybridized carbons (Fsp3) is 0.462. The molecule has 1 aliphatic rings. The van der Waals surface area contributed by atoms with Crippen molar-refractivity contribution < 1.29 is 14.6 Å². The highest BCUT2D eigenvalue weighted by molar-refractivity contribution is 5.95. The number of aryl methyl sites for hydroxylation is 1. The molecule has 0 atom stereocenters. The monoisotopic (exact) mass is 235 g/mol. The molecule has 0 aliphatic heterocycles. The number of benzene rings is 1. The fourth-order valence-electron chi connectivity index (χ4n) is 2.21. The van der Waals surface area contributed by atoms with E-state index in [1.807, 2.05) is 0 Å². The molecule has 0 bridgehead atoms. The Balaban J connectivity index is 2.25. The highest BCUT2D eigenvalue weighted by Crippen LogP contribution is 2.28. The Hall–Kier alpha value is -1.71. The van der Waals surface area contributed by atoms with Gasteiger partial charge in [-0.25, -0.2) is 4.79 Å². The number of hydrogen-bond donors (Lipinski definition) is 2. The van der Waals surface area contributed by atoms with E-state index in [2.05, 4.69) is 0 Å². The lowest BCUT2D eigenvalue weighted by atomic mass is 10.1. The lowest BCUT2D eigenvalue weighted by Crippen LogP contribution is -2.12. The van der Waals surface area contributed by atoms with Gasteiger partial charge in [-0.05, 0) is 50.3 Å². The average Bonchev–Trinajstić information content (AvgIpc) is 2.75. The van der Waals surface area contributed by atoms with Crippen LogP contribution in [-0.2, 0) is 0 Å². The van der Waals surface area contributed by atoms with Gasteiger partial charge in [-0.2, -0.15) is 0 Å². The minimum absolute atomic E-state index is 0.123. The maximum atomic E-state index is 11.0. The molecular formula is C13H17NO3. The molecule has 1 saturated carbocycles. The van der Waals surface area contributed by atoms with E-state index in [4.69, 9.17) is 15.6 Å². The number of ether oxygens (including phenoxy) is 1. The van der Waals surface area contributed by atoms with Gasteiger partial charge in [-0.1, -0.05) is 0 Å². The van der Waals surface area contributed by atoms with Gasteiger partial charge in [0.1, 0.15) is 5.75 Å². The van der Waals surface area contributed by atoms with Crippen molar-refractivity contribution in [3.63, 3.8) is 0 Å². The van der Waals surface area contributed by atoms with Crippen molar-refractivity contribution in [3.05, 3.63) is 23.3 Å². The van der Waals surface area contributed by atoms with Crippen molar-refractivity contribution in [2.75, 3.05) is 5.73 Å². The van der Waals surface area contributed by atoms with Gasteiger partial charge >= 0.3 is 5.97 Å². The van der Waals surface area contributed by atoms with E-state index in [1.54, 1.807) is 13.0 Å². The van der Waals surface area contributed by atoms with E-state index in [-0.39, 0.29) is 11.7 Å². The number of aromatic carboxylic acids is 1. The van der Waals surface area contributed by atoms with Crippen LogP contribution < -0.4 is 10.5 Å². The summed E-state index contributed by atoms with van der Waals surface area (Å²) >= 11 is 0. The molecule has 1 aliphatic carbocycles. The first-order valence-corrected chi connectivity index (χ1v) is 5.88. The Morgan fingerprint density at radius 2 is 2.06 bits per heavy atom. The number of nitrogens with two attached hydrogens (primary N) is 1. The van der Waals surface area contributed by atoms with Crippen LogP contribution in [0.4, 0.5) is 5.69 Å². The van der Waals surface area contributed by atoms with E-state index in [0.717, 1.165) is 18.4 Å². The van der Waals surface area contributed by atoms with Crippen LogP contribution >= 0.6 is 0 Å². The highest BCUT2D eigenvalue weighted by Gasteiger charge is 2.18. The summed E-state index contributed by atoms with van der Waals surface area (Å²) in [5.74, 6) is -0.400. The summed E-state index contributed by atoms with van der Waals surface area (Å²) in [6, 6.07) is 3.32. The minimum Gasteiger partial charge on any atom is -0.490 e. The number of hydrogen-bond acceptors (Lipinski definition) is 3. The molecule has 0 spiro atoms. The molecule has 1 aromatic rings. The van der Waals surface area contributed by atoms with Crippen molar-refractivity contribution in [2.24, 2.45) is 0 Å². The van der Waals surface area contributed by atoms with Gasteiger partial charge in [0.15, 0.2) is 0 Å². The van der Waals surface area contributed by atoms with Gasteiger partial charge < -0.3 is 15.6 Å². The molecule has 4 nitrogen and oxygen atoms in total. The van der Waals surface area contributed by atoms with Crippen molar-refractivity contribution in [1.29, 1.82) is 0 Å². The predicted molar refractivity (Wildman–Crippen MR) is 65.4 cm³/mol. The zero-order chi connectivity index (χ0) is 12.4. The predicted octanol–water partition coefficient (Wildman–Crippen LogP) is 2.60. The summed E-state index contributed by atoms with van der Waals surface area (Å²) in [5.41, 5.74) is 6.91. The normalized spacial score (nSPS) is 16.1. The number of carbonyl (C=O) groups is 1. The standard InChI is InChI=1S/C13H17NO3/c1-8-6-10(17-9-4-2-3-5-9)7-11(12(8)14)13(15)16/h6-7,9H,2-5,14H2,1H3,(H,15,16). The lowest BCUT2D eigenvalue weighted by molar-refractivity contribution is 0.0697. The molecule has 0 aromatic heterocycles. The van der Waals surface area contributed by atoms with Crippen LogP contribution in [0.5, 0.6) is 5.75 Å². The van der Waals surface area contributed by atoms with Crippen molar-refractivity contribution in [3.8, 4) is 5.75 Å². The van der Waals surface area contributed by atoms with Gasteiger partial charge in [0.2, 0.25) is 0 Å². The van der Waals surface area contributed by atoms with E-state index >= 15 is 0 Å². The molecule has 0 saturated heterocycles. The maximum absolute atomic E-state index is 11.0. The fourth-order valence-corrected chi connectivity index (χ4v) is 2.21. The van der Waals surface area contributed by atoms with Gasteiger partial charge in [-0.3, -0.25) is 0 Å². The number of anilines is 1. The lowest BCUT2D eigenvalue weighted by Gasteiger charge is -2.15. The topological polar surface area (TPSA) is 72.5 Å². The van der Waals surface area contributed by atoms with Crippen molar-refractivity contribution in [2.45, 2.75) is 38.7 Å². The van der Waals surface area contributed by atoms with Crippen LogP contribution in [0.2, 0.25) is 0 Å².